The summed E-state index contributed by atoms with van der Waals surface area (Å²) in [7, 11) is 0. The van der Waals surface area contributed by atoms with Crippen LogP contribution in [0.5, 0.6) is 0 Å². The zero-order valence-corrected chi connectivity index (χ0v) is 11.1. The van der Waals surface area contributed by atoms with Gasteiger partial charge in [-0.1, -0.05) is 13.0 Å². The van der Waals surface area contributed by atoms with Crippen LogP contribution in [0.4, 0.5) is 0 Å². The lowest BCUT2D eigenvalue weighted by atomic mass is 10.2. The highest BCUT2D eigenvalue weighted by Gasteiger charge is 2.08. The van der Waals surface area contributed by atoms with Crippen LogP contribution in [0.25, 0.3) is 0 Å². The molecule has 4 nitrogen and oxygen atoms in total. The summed E-state index contributed by atoms with van der Waals surface area (Å²) in [6.07, 6.45) is 7.59. The SMILES string of the molecule is CCN(Cc1cccnc1)Cc1cncn1CC. The standard InChI is InChI=1S/C14H20N4/c1-3-17(10-13-6-5-7-15-8-13)11-14-9-16-12-18(14)4-2/h5-9,12H,3-4,10-11H2,1-2H3. The molecule has 0 fully saturated rings. The number of aromatic nitrogens is 3. The van der Waals surface area contributed by atoms with Crippen molar-refractivity contribution in [3.63, 3.8) is 0 Å². The Bertz CT molecular complexity index is 464. The van der Waals surface area contributed by atoms with E-state index in [-0.39, 0.29) is 0 Å². The molecule has 0 aliphatic carbocycles. The van der Waals surface area contributed by atoms with Crippen LogP contribution in [0.2, 0.25) is 0 Å². The Morgan fingerprint density at radius 2 is 2.06 bits per heavy atom. The lowest BCUT2D eigenvalue weighted by Gasteiger charge is -2.20. The number of hydrogen-bond donors (Lipinski definition) is 0. The van der Waals surface area contributed by atoms with Crippen LogP contribution < -0.4 is 0 Å². The molecule has 0 unspecified atom stereocenters. The van der Waals surface area contributed by atoms with Crippen LogP contribution >= 0.6 is 0 Å². The van der Waals surface area contributed by atoms with Gasteiger partial charge in [0.05, 0.1) is 12.0 Å². The van der Waals surface area contributed by atoms with Gasteiger partial charge in [-0.25, -0.2) is 4.98 Å². The predicted octanol–water partition coefficient (Wildman–Crippen LogP) is 2.32. The number of hydrogen-bond acceptors (Lipinski definition) is 3. The maximum atomic E-state index is 4.21. The molecule has 0 saturated carbocycles. The van der Waals surface area contributed by atoms with Gasteiger partial charge in [0.25, 0.3) is 0 Å². The smallest absolute Gasteiger partial charge is 0.0948 e. The summed E-state index contributed by atoms with van der Waals surface area (Å²) in [5.74, 6) is 0. The second kappa shape index (κ2) is 6.31. The molecule has 0 N–H and O–H groups in total. The minimum atomic E-state index is 0.930. The summed E-state index contributed by atoms with van der Waals surface area (Å²) in [6, 6.07) is 4.10. The molecule has 0 spiro atoms. The molecule has 4 heteroatoms. The van der Waals surface area contributed by atoms with Gasteiger partial charge < -0.3 is 4.57 Å². The Kier molecular flexibility index (Phi) is 4.47. The second-order valence-corrected chi connectivity index (χ2v) is 4.34. The van der Waals surface area contributed by atoms with Crippen molar-refractivity contribution in [3.05, 3.63) is 48.3 Å². The first kappa shape index (κ1) is 12.8. The van der Waals surface area contributed by atoms with Crippen molar-refractivity contribution in [3.8, 4) is 0 Å². The molecule has 0 bridgehead atoms. The van der Waals surface area contributed by atoms with E-state index in [0.29, 0.717) is 0 Å². The highest BCUT2D eigenvalue weighted by Crippen LogP contribution is 2.08. The normalized spacial score (nSPS) is 11.1. The second-order valence-electron chi connectivity index (χ2n) is 4.34. The first-order valence-electron chi connectivity index (χ1n) is 6.43. The Labute approximate surface area is 108 Å². The highest BCUT2D eigenvalue weighted by atomic mass is 15.2. The van der Waals surface area contributed by atoms with E-state index in [9.17, 15) is 0 Å². The van der Waals surface area contributed by atoms with Gasteiger partial charge in [0.2, 0.25) is 0 Å². The van der Waals surface area contributed by atoms with Crippen LogP contribution in [0, 0.1) is 0 Å². The van der Waals surface area contributed by atoms with Gasteiger partial charge in [0, 0.05) is 38.2 Å². The molecule has 0 aromatic carbocycles. The number of rotatable bonds is 6. The molecule has 2 aromatic rings. The summed E-state index contributed by atoms with van der Waals surface area (Å²) in [6.45, 7) is 8.17. The summed E-state index contributed by atoms with van der Waals surface area (Å²) in [4.78, 5) is 10.8. The molecule has 0 saturated heterocycles. The summed E-state index contributed by atoms with van der Waals surface area (Å²) in [5, 5.41) is 0. The maximum absolute atomic E-state index is 4.21. The van der Waals surface area contributed by atoms with E-state index < -0.39 is 0 Å². The average molecular weight is 244 g/mol. The van der Waals surface area contributed by atoms with E-state index in [4.69, 9.17) is 0 Å². The van der Waals surface area contributed by atoms with Gasteiger partial charge in [-0.3, -0.25) is 9.88 Å². The molecule has 0 radical (unpaired) electrons. The molecular formula is C14H20N4. The van der Waals surface area contributed by atoms with Gasteiger partial charge >= 0.3 is 0 Å². The van der Waals surface area contributed by atoms with E-state index in [1.807, 2.05) is 31.0 Å². The minimum Gasteiger partial charge on any atom is -0.334 e. The average Bonchev–Trinajstić information content (AvgIpc) is 2.86. The van der Waals surface area contributed by atoms with Crippen molar-refractivity contribution in [2.45, 2.75) is 33.5 Å². The lowest BCUT2D eigenvalue weighted by Crippen LogP contribution is -2.23. The van der Waals surface area contributed by atoms with Gasteiger partial charge in [-0.2, -0.15) is 0 Å². The first-order chi connectivity index (χ1) is 8.83. The zero-order chi connectivity index (χ0) is 12.8. The van der Waals surface area contributed by atoms with Crippen LogP contribution in [0.1, 0.15) is 25.1 Å². The Morgan fingerprint density at radius 1 is 1.17 bits per heavy atom. The fourth-order valence-corrected chi connectivity index (χ4v) is 2.02. The zero-order valence-electron chi connectivity index (χ0n) is 11.1. The number of pyridine rings is 1. The van der Waals surface area contributed by atoms with E-state index >= 15 is 0 Å². The molecule has 18 heavy (non-hydrogen) atoms. The monoisotopic (exact) mass is 244 g/mol. The maximum Gasteiger partial charge on any atom is 0.0948 e. The Morgan fingerprint density at radius 3 is 2.72 bits per heavy atom. The van der Waals surface area contributed by atoms with Gasteiger partial charge in [-0.15, -0.1) is 0 Å². The molecule has 0 atom stereocenters. The van der Waals surface area contributed by atoms with Crippen molar-refractivity contribution >= 4 is 0 Å². The minimum absolute atomic E-state index is 0.930. The fraction of sp³-hybridized carbons (Fsp3) is 0.429. The Balaban J connectivity index is 2.02. The fourth-order valence-electron chi connectivity index (χ4n) is 2.02. The highest BCUT2D eigenvalue weighted by molar-refractivity contribution is 5.08. The Hall–Kier alpha value is -1.68. The topological polar surface area (TPSA) is 34.0 Å². The van der Waals surface area contributed by atoms with Crippen molar-refractivity contribution < 1.29 is 0 Å². The molecular weight excluding hydrogens is 224 g/mol. The lowest BCUT2D eigenvalue weighted by molar-refractivity contribution is 0.264. The number of aryl methyl sites for hydroxylation is 1. The van der Waals surface area contributed by atoms with E-state index in [1.165, 1.54) is 11.3 Å². The van der Waals surface area contributed by atoms with Crippen LogP contribution in [0.15, 0.2) is 37.1 Å². The van der Waals surface area contributed by atoms with Crippen molar-refractivity contribution in [2.75, 3.05) is 6.54 Å². The third-order valence-electron chi connectivity index (χ3n) is 3.10. The molecule has 0 aliphatic rings. The third kappa shape index (κ3) is 3.17. The summed E-state index contributed by atoms with van der Waals surface area (Å²) >= 11 is 0. The van der Waals surface area contributed by atoms with E-state index in [1.54, 1.807) is 0 Å². The van der Waals surface area contributed by atoms with E-state index in [2.05, 4.69) is 39.3 Å². The van der Waals surface area contributed by atoms with Crippen LogP contribution in [-0.4, -0.2) is 26.0 Å². The van der Waals surface area contributed by atoms with Gasteiger partial charge in [0.1, 0.15) is 0 Å². The predicted molar refractivity (Wildman–Crippen MR) is 71.9 cm³/mol. The number of imidazole rings is 1. The summed E-state index contributed by atoms with van der Waals surface area (Å²) < 4.78 is 2.19. The number of nitrogens with zero attached hydrogens (tertiary/aromatic N) is 4. The molecule has 0 amide bonds. The quantitative estimate of drug-likeness (QED) is 0.782. The van der Waals surface area contributed by atoms with Gasteiger partial charge in [-0.05, 0) is 25.1 Å². The molecule has 0 aliphatic heterocycles. The largest absolute Gasteiger partial charge is 0.334 e. The van der Waals surface area contributed by atoms with Gasteiger partial charge in [0.15, 0.2) is 0 Å². The van der Waals surface area contributed by atoms with E-state index in [0.717, 1.165) is 26.2 Å². The van der Waals surface area contributed by atoms with Crippen LogP contribution in [-0.2, 0) is 19.6 Å². The van der Waals surface area contributed by atoms with Crippen molar-refractivity contribution in [1.29, 1.82) is 0 Å². The third-order valence-corrected chi connectivity index (χ3v) is 3.10. The van der Waals surface area contributed by atoms with Crippen molar-refractivity contribution in [1.82, 2.24) is 19.4 Å². The first-order valence-corrected chi connectivity index (χ1v) is 6.43. The van der Waals surface area contributed by atoms with Crippen LogP contribution in [0.3, 0.4) is 0 Å². The molecule has 2 heterocycles. The van der Waals surface area contributed by atoms with Crippen molar-refractivity contribution in [2.24, 2.45) is 0 Å². The molecule has 96 valence electrons. The molecule has 2 rings (SSSR count). The summed E-state index contributed by atoms with van der Waals surface area (Å²) in [5.41, 5.74) is 2.52. The molecule has 2 aromatic heterocycles.